The van der Waals surface area contributed by atoms with Crippen LogP contribution in [0.3, 0.4) is 0 Å². The summed E-state index contributed by atoms with van der Waals surface area (Å²) < 4.78 is 9.43. The van der Waals surface area contributed by atoms with Crippen LogP contribution < -0.4 is 0 Å². The first-order valence-electron chi connectivity index (χ1n) is 3.97. The van der Waals surface area contributed by atoms with E-state index in [4.69, 9.17) is 16.3 Å². The third-order valence-electron chi connectivity index (χ3n) is 1.87. The quantitative estimate of drug-likeness (QED) is 0.705. The van der Waals surface area contributed by atoms with Crippen molar-refractivity contribution < 1.29 is 4.74 Å². The van der Waals surface area contributed by atoms with Crippen LogP contribution in [0.25, 0.3) is 0 Å². The molecule has 1 aromatic rings. The van der Waals surface area contributed by atoms with E-state index in [1.807, 2.05) is 0 Å². The van der Waals surface area contributed by atoms with Gasteiger partial charge in [0.1, 0.15) is 11.1 Å². The third-order valence-corrected chi connectivity index (χ3v) is 2.95. The largest absolute Gasteiger partial charge is 0.371 e. The molecule has 2 rings (SSSR count). The predicted molar refractivity (Wildman–Crippen MR) is 47.5 cm³/mol. The van der Waals surface area contributed by atoms with Gasteiger partial charge in [-0.2, -0.15) is 4.37 Å². The molecule has 0 spiro atoms. The Morgan fingerprint density at radius 2 is 2.42 bits per heavy atom. The van der Waals surface area contributed by atoms with Crippen molar-refractivity contribution in [1.82, 2.24) is 9.36 Å². The summed E-state index contributed by atoms with van der Waals surface area (Å²) in [6, 6.07) is 0. The molecule has 0 saturated carbocycles. The van der Waals surface area contributed by atoms with Crippen LogP contribution >= 0.6 is 23.1 Å². The maximum absolute atomic E-state index is 5.61. The van der Waals surface area contributed by atoms with Gasteiger partial charge < -0.3 is 4.74 Å². The molecule has 1 fully saturated rings. The second-order valence-corrected chi connectivity index (χ2v) is 3.88. The van der Waals surface area contributed by atoms with Gasteiger partial charge in [0.25, 0.3) is 0 Å². The number of hydrogen-bond donors (Lipinski definition) is 0. The van der Waals surface area contributed by atoms with Crippen LogP contribution in [0.15, 0.2) is 0 Å². The lowest BCUT2D eigenvalue weighted by molar-refractivity contribution is 0.0148. The number of aromatic nitrogens is 2. The topological polar surface area (TPSA) is 35.0 Å². The van der Waals surface area contributed by atoms with Gasteiger partial charge in [0.2, 0.25) is 5.28 Å². The molecular formula is C7H9ClN2OS. The fraction of sp³-hybridized carbons (Fsp3) is 0.714. The van der Waals surface area contributed by atoms with Gasteiger partial charge in [-0.05, 0) is 42.4 Å². The second kappa shape index (κ2) is 3.68. The SMILES string of the molecule is Clc1nsc(C2CCCCO2)n1. The molecule has 12 heavy (non-hydrogen) atoms. The van der Waals surface area contributed by atoms with Crippen LogP contribution in [0, 0.1) is 0 Å². The lowest BCUT2D eigenvalue weighted by Crippen LogP contribution is -2.10. The number of ether oxygens (including phenoxy) is 1. The maximum Gasteiger partial charge on any atom is 0.234 e. The van der Waals surface area contributed by atoms with Crippen molar-refractivity contribution in [1.29, 1.82) is 0 Å². The Labute approximate surface area is 79.9 Å². The highest BCUT2D eigenvalue weighted by molar-refractivity contribution is 7.05. The zero-order valence-electron chi connectivity index (χ0n) is 6.49. The molecule has 2 heterocycles. The summed E-state index contributed by atoms with van der Waals surface area (Å²) in [5.74, 6) is 0. The van der Waals surface area contributed by atoms with Gasteiger partial charge in [-0.25, -0.2) is 4.98 Å². The van der Waals surface area contributed by atoms with E-state index in [9.17, 15) is 0 Å². The number of halogens is 1. The van der Waals surface area contributed by atoms with Crippen LogP contribution in [-0.4, -0.2) is 16.0 Å². The van der Waals surface area contributed by atoms with Crippen molar-refractivity contribution in [3.63, 3.8) is 0 Å². The fourth-order valence-electron chi connectivity index (χ4n) is 1.28. The molecule has 1 aromatic heterocycles. The minimum absolute atomic E-state index is 0.142. The summed E-state index contributed by atoms with van der Waals surface area (Å²) in [7, 11) is 0. The molecule has 0 amide bonds. The normalized spacial score (nSPS) is 24.2. The van der Waals surface area contributed by atoms with Crippen molar-refractivity contribution in [3.05, 3.63) is 10.3 Å². The van der Waals surface area contributed by atoms with Crippen molar-refractivity contribution in [2.75, 3.05) is 6.61 Å². The molecule has 1 saturated heterocycles. The van der Waals surface area contributed by atoms with Gasteiger partial charge in [0, 0.05) is 6.61 Å². The van der Waals surface area contributed by atoms with Crippen molar-refractivity contribution in [3.8, 4) is 0 Å². The minimum atomic E-state index is 0.142. The summed E-state index contributed by atoms with van der Waals surface area (Å²) in [5, 5.41) is 1.25. The predicted octanol–water partition coefficient (Wildman–Crippen LogP) is 2.43. The average Bonchev–Trinajstić information content (AvgIpc) is 2.54. The van der Waals surface area contributed by atoms with Crippen LogP contribution in [0.1, 0.15) is 30.4 Å². The van der Waals surface area contributed by atoms with E-state index >= 15 is 0 Å². The number of hydrogen-bond acceptors (Lipinski definition) is 4. The molecule has 1 atom stereocenters. The molecule has 1 aliphatic rings. The summed E-state index contributed by atoms with van der Waals surface area (Å²) in [4.78, 5) is 4.08. The maximum atomic E-state index is 5.61. The Hall–Kier alpha value is -0.190. The summed E-state index contributed by atoms with van der Waals surface area (Å²) in [6.45, 7) is 0.835. The molecule has 0 N–H and O–H groups in total. The first-order valence-corrected chi connectivity index (χ1v) is 5.12. The van der Waals surface area contributed by atoms with Gasteiger partial charge >= 0.3 is 0 Å². The van der Waals surface area contributed by atoms with E-state index in [0.29, 0.717) is 5.28 Å². The molecule has 0 bridgehead atoms. The standard InChI is InChI=1S/C7H9ClN2OS/c8-7-9-6(12-10-7)5-3-1-2-4-11-5/h5H,1-4H2. The van der Waals surface area contributed by atoms with E-state index in [0.717, 1.165) is 24.5 Å². The van der Waals surface area contributed by atoms with Gasteiger partial charge in [-0.3, -0.25) is 0 Å². The van der Waals surface area contributed by atoms with Crippen LogP contribution in [0.4, 0.5) is 0 Å². The fourth-order valence-corrected chi connectivity index (χ4v) is 2.17. The van der Waals surface area contributed by atoms with E-state index in [-0.39, 0.29) is 6.10 Å². The summed E-state index contributed by atoms with van der Waals surface area (Å²) in [5.41, 5.74) is 0. The first kappa shape index (κ1) is 8.41. The van der Waals surface area contributed by atoms with Crippen molar-refractivity contribution in [2.45, 2.75) is 25.4 Å². The number of rotatable bonds is 1. The average molecular weight is 205 g/mol. The molecule has 5 heteroatoms. The van der Waals surface area contributed by atoms with Gasteiger partial charge in [-0.1, -0.05) is 0 Å². The second-order valence-electron chi connectivity index (χ2n) is 2.76. The Morgan fingerprint density at radius 3 is 3.00 bits per heavy atom. The van der Waals surface area contributed by atoms with Crippen molar-refractivity contribution in [2.24, 2.45) is 0 Å². The van der Waals surface area contributed by atoms with Gasteiger partial charge in [-0.15, -0.1) is 0 Å². The molecule has 0 aromatic carbocycles. The molecule has 3 nitrogen and oxygen atoms in total. The van der Waals surface area contributed by atoms with E-state index in [2.05, 4.69) is 9.36 Å². The third kappa shape index (κ3) is 1.76. The van der Waals surface area contributed by atoms with Gasteiger partial charge in [0.15, 0.2) is 0 Å². The Kier molecular flexibility index (Phi) is 2.58. The molecule has 1 aliphatic heterocycles. The van der Waals surface area contributed by atoms with Crippen LogP contribution in [0.5, 0.6) is 0 Å². The first-order chi connectivity index (χ1) is 5.86. The highest BCUT2D eigenvalue weighted by atomic mass is 35.5. The Balaban J connectivity index is 2.08. The van der Waals surface area contributed by atoms with Gasteiger partial charge in [0.05, 0.1) is 0 Å². The molecule has 1 unspecified atom stereocenters. The Morgan fingerprint density at radius 1 is 1.50 bits per heavy atom. The molecular weight excluding hydrogens is 196 g/mol. The molecule has 0 aliphatic carbocycles. The van der Waals surface area contributed by atoms with Crippen molar-refractivity contribution >= 4 is 23.1 Å². The zero-order valence-corrected chi connectivity index (χ0v) is 8.07. The smallest absolute Gasteiger partial charge is 0.234 e. The van der Waals surface area contributed by atoms with E-state index < -0.39 is 0 Å². The lowest BCUT2D eigenvalue weighted by Gasteiger charge is -2.19. The molecule has 0 radical (unpaired) electrons. The monoisotopic (exact) mass is 204 g/mol. The minimum Gasteiger partial charge on any atom is -0.371 e. The highest BCUT2D eigenvalue weighted by Gasteiger charge is 2.19. The van der Waals surface area contributed by atoms with E-state index in [1.165, 1.54) is 18.0 Å². The molecule has 66 valence electrons. The van der Waals surface area contributed by atoms with E-state index in [1.54, 1.807) is 0 Å². The Bertz CT molecular complexity index is 260. The highest BCUT2D eigenvalue weighted by Crippen LogP contribution is 2.29. The lowest BCUT2D eigenvalue weighted by atomic mass is 10.1. The summed E-state index contributed by atoms with van der Waals surface area (Å²) in [6.07, 6.45) is 3.56. The van der Waals surface area contributed by atoms with Crippen LogP contribution in [0.2, 0.25) is 5.28 Å². The number of nitrogens with zero attached hydrogens (tertiary/aromatic N) is 2. The van der Waals surface area contributed by atoms with Crippen LogP contribution in [-0.2, 0) is 4.74 Å². The summed E-state index contributed by atoms with van der Waals surface area (Å²) >= 11 is 6.95. The zero-order chi connectivity index (χ0) is 8.39.